The van der Waals surface area contributed by atoms with Gasteiger partial charge < -0.3 is 19.7 Å². The molecule has 1 amide bonds. The van der Waals surface area contributed by atoms with Gasteiger partial charge in [0.1, 0.15) is 11.2 Å². The number of ether oxygens (including phenoxy) is 2. The minimum Gasteiger partial charge on any atom is -0.444 e. The summed E-state index contributed by atoms with van der Waals surface area (Å²) in [7, 11) is 0. The first-order valence-corrected chi connectivity index (χ1v) is 8.71. The van der Waals surface area contributed by atoms with Crippen LogP contribution >= 0.6 is 11.3 Å². The van der Waals surface area contributed by atoms with Gasteiger partial charge in [0.15, 0.2) is 0 Å². The molecule has 3 heterocycles. The molecule has 122 valence electrons. The summed E-state index contributed by atoms with van der Waals surface area (Å²) in [5, 5.41) is 7.81. The number of amides is 1. The van der Waals surface area contributed by atoms with E-state index in [2.05, 4.69) is 22.1 Å². The molecular formula is C16H24N2O3S. The van der Waals surface area contributed by atoms with Crippen LogP contribution in [0.3, 0.4) is 0 Å². The smallest absolute Gasteiger partial charge is 0.410 e. The first-order valence-electron chi connectivity index (χ1n) is 7.77. The largest absolute Gasteiger partial charge is 0.444 e. The highest BCUT2D eigenvalue weighted by Crippen LogP contribution is 2.40. The van der Waals surface area contributed by atoms with E-state index in [9.17, 15) is 4.79 Å². The maximum Gasteiger partial charge on any atom is 0.410 e. The number of hydrogen-bond acceptors (Lipinski definition) is 5. The lowest BCUT2D eigenvalue weighted by Gasteiger charge is -2.41. The average molecular weight is 324 g/mol. The van der Waals surface area contributed by atoms with Crippen molar-refractivity contribution in [3.05, 3.63) is 22.4 Å². The Balaban J connectivity index is 1.74. The number of carbonyl (C=O) groups is 1. The average Bonchev–Trinajstić information content (AvgIpc) is 3.08. The van der Waals surface area contributed by atoms with Gasteiger partial charge in [0.05, 0.1) is 19.2 Å². The highest BCUT2D eigenvalue weighted by atomic mass is 32.1. The predicted octanol–water partition coefficient (Wildman–Crippen LogP) is 2.79. The van der Waals surface area contributed by atoms with Gasteiger partial charge in [-0.25, -0.2) is 4.79 Å². The van der Waals surface area contributed by atoms with Crippen molar-refractivity contribution in [3.8, 4) is 0 Å². The van der Waals surface area contributed by atoms with Gasteiger partial charge in [0, 0.05) is 13.1 Å². The number of hydrogen-bond donors (Lipinski definition) is 1. The Morgan fingerprint density at radius 1 is 1.55 bits per heavy atom. The van der Waals surface area contributed by atoms with Gasteiger partial charge in [-0.05, 0) is 49.6 Å². The molecule has 1 N–H and O–H groups in total. The van der Waals surface area contributed by atoms with Gasteiger partial charge in [0.25, 0.3) is 0 Å². The van der Waals surface area contributed by atoms with Gasteiger partial charge in [0.2, 0.25) is 0 Å². The Morgan fingerprint density at radius 3 is 3.05 bits per heavy atom. The number of nitrogens with one attached hydrogen (secondary N) is 1. The van der Waals surface area contributed by atoms with Crippen molar-refractivity contribution in [2.45, 2.75) is 44.4 Å². The quantitative estimate of drug-likeness (QED) is 0.863. The van der Waals surface area contributed by atoms with Crippen molar-refractivity contribution >= 4 is 17.4 Å². The second-order valence-corrected chi connectivity index (χ2v) is 7.79. The first kappa shape index (κ1) is 15.8. The zero-order chi connectivity index (χ0) is 15.8. The summed E-state index contributed by atoms with van der Waals surface area (Å²) < 4.78 is 11.7. The lowest BCUT2D eigenvalue weighted by Crippen LogP contribution is -2.54. The Kier molecular flexibility index (Phi) is 4.18. The van der Waals surface area contributed by atoms with E-state index in [1.54, 1.807) is 16.2 Å². The van der Waals surface area contributed by atoms with Crippen LogP contribution in [0.1, 0.15) is 38.8 Å². The molecule has 2 aliphatic rings. The number of thiophene rings is 1. The van der Waals surface area contributed by atoms with Crippen LogP contribution in [0.15, 0.2) is 16.8 Å². The highest BCUT2D eigenvalue weighted by molar-refractivity contribution is 7.08. The molecule has 2 aliphatic heterocycles. The van der Waals surface area contributed by atoms with E-state index >= 15 is 0 Å². The SMILES string of the molecule is CC(C)(C)OC(=O)N1CCC2(C1)OCCNC2c1ccsc1. The Bertz CT molecular complexity index is 526. The van der Waals surface area contributed by atoms with Crippen molar-refractivity contribution in [3.63, 3.8) is 0 Å². The van der Waals surface area contributed by atoms with Crippen LogP contribution in [0.2, 0.25) is 0 Å². The molecule has 2 unspecified atom stereocenters. The fourth-order valence-electron chi connectivity index (χ4n) is 3.23. The van der Waals surface area contributed by atoms with Gasteiger partial charge >= 0.3 is 6.09 Å². The van der Waals surface area contributed by atoms with Crippen LogP contribution in [0, 0.1) is 0 Å². The van der Waals surface area contributed by atoms with Crippen molar-refractivity contribution in [2.24, 2.45) is 0 Å². The van der Waals surface area contributed by atoms with Crippen LogP contribution in [-0.2, 0) is 9.47 Å². The second-order valence-electron chi connectivity index (χ2n) is 7.01. The molecule has 2 fully saturated rings. The zero-order valence-corrected chi connectivity index (χ0v) is 14.2. The molecule has 1 aromatic heterocycles. The molecule has 6 heteroatoms. The van der Waals surface area contributed by atoms with E-state index in [0.29, 0.717) is 19.7 Å². The van der Waals surface area contributed by atoms with Crippen LogP contribution in [-0.4, -0.2) is 48.4 Å². The number of rotatable bonds is 1. The first-order chi connectivity index (χ1) is 10.4. The Hall–Kier alpha value is -1.11. The summed E-state index contributed by atoms with van der Waals surface area (Å²) in [4.78, 5) is 14.1. The van der Waals surface area contributed by atoms with Crippen LogP contribution in [0.4, 0.5) is 4.79 Å². The lowest BCUT2D eigenvalue weighted by atomic mass is 9.87. The topological polar surface area (TPSA) is 50.8 Å². The monoisotopic (exact) mass is 324 g/mol. The summed E-state index contributed by atoms with van der Waals surface area (Å²) in [6, 6.07) is 2.27. The Labute approximate surface area is 135 Å². The summed E-state index contributed by atoms with van der Waals surface area (Å²) in [6.45, 7) is 8.46. The molecule has 2 atom stereocenters. The minimum atomic E-state index is -0.467. The van der Waals surface area contributed by atoms with Gasteiger partial charge in [-0.3, -0.25) is 0 Å². The summed E-state index contributed by atoms with van der Waals surface area (Å²) >= 11 is 1.69. The van der Waals surface area contributed by atoms with Crippen LogP contribution < -0.4 is 5.32 Å². The van der Waals surface area contributed by atoms with Crippen molar-refractivity contribution < 1.29 is 14.3 Å². The molecule has 5 nitrogen and oxygen atoms in total. The van der Waals surface area contributed by atoms with Crippen molar-refractivity contribution in [2.75, 3.05) is 26.2 Å². The van der Waals surface area contributed by atoms with Gasteiger partial charge in [-0.2, -0.15) is 11.3 Å². The fraction of sp³-hybridized carbons (Fsp3) is 0.688. The number of likely N-dealkylation sites (tertiary alicyclic amines) is 1. The van der Waals surface area contributed by atoms with Crippen molar-refractivity contribution in [1.29, 1.82) is 0 Å². The number of carbonyl (C=O) groups excluding carboxylic acids is 1. The molecule has 0 saturated carbocycles. The van der Waals surface area contributed by atoms with Gasteiger partial charge in [-0.15, -0.1) is 0 Å². The van der Waals surface area contributed by atoms with E-state index in [0.717, 1.165) is 13.0 Å². The van der Waals surface area contributed by atoms with E-state index in [1.807, 2.05) is 20.8 Å². The maximum absolute atomic E-state index is 12.3. The molecule has 0 aromatic carbocycles. The summed E-state index contributed by atoms with van der Waals surface area (Å²) in [5.41, 5.74) is 0.442. The molecule has 0 radical (unpaired) electrons. The zero-order valence-electron chi connectivity index (χ0n) is 13.4. The van der Waals surface area contributed by atoms with E-state index in [-0.39, 0.29) is 17.7 Å². The second kappa shape index (κ2) is 5.83. The van der Waals surface area contributed by atoms with Crippen LogP contribution in [0.25, 0.3) is 0 Å². The molecule has 0 aliphatic carbocycles. The van der Waals surface area contributed by atoms with E-state index in [4.69, 9.17) is 9.47 Å². The molecule has 22 heavy (non-hydrogen) atoms. The third kappa shape index (κ3) is 3.14. The predicted molar refractivity (Wildman–Crippen MR) is 86.2 cm³/mol. The molecule has 1 spiro atoms. The number of morpholine rings is 1. The standard InChI is InChI=1S/C16H24N2O3S/c1-15(2,3)21-14(19)18-7-5-16(11-18)13(17-6-8-20-16)12-4-9-22-10-12/h4,9-10,13,17H,5-8,11H2,1-3H3. The minimum absolute atomic E-state index is 0.139. The molecule has 1 aromatic rings. The Morgan fingerprint density at radius 2 is 2.36 bits per heavy atom. The number of nitrogens with zero attached hydrogens (tertiary/aromatic N) is 1. The molecular weight excluding hydrogens is 300 g/mol. The van der Waals surface area contributed by atoms with Crippen molar-refractivity contribution in [1.82, 2.24) is 10.2 Å². The lowest BCUT2D eigenvalue weighted by molar-refractivity contribution is -0.0901. The van der Waals surface area contributed by atoms with E-state index < -0.39 is 5.60 Å². The third-order valence-electron chi connectivity index (χ3n) is 4.16. The highest BCUT2D eigenvalue weighted by Gasteiger charge is 2.49. The van der Waals surface area contributed by atoms with Gasteiger partial charge in [-0.1, -0.05) is 0 Å². The molecule has 2 saturated heterocycles. The molecule has 0 bridgehead atoms. The maximum atomic E-state index is 12.3. The van der Waals surface area contributed by atoms with E-state index in [1.165, 1.54) is 5.56 Å². The summed E-state index contributed by atoms with van der Waals surface area (Å²) in [5.74, 6) is 0. The fourth-order valence-corrected chi connectivity index (χ4v) is 3.91. The summed E-state index contributed by atoms with van der Waals surface area (Å²) in [6.07, 6.45) is 0.586. The normalized spacial score (nSPS) is 29.0. The van der Waals surface area contributed by atoms with Crippen LogP contribution in [0.5, 0.6) is 0 Å². The molecule has 3 rings (SSSR count). The third-order valence-corrected chi connectivity index (χ3v) is 4.86.